The fourth-order valence-electron chi connectivity index (χ4n) is 3.90. The van der Waals surface area contributed by atoms with E-state index in [9.17, 15) is 9.18 Å². The van der Waals surface area contributed by atoms with E-state index in [0.29, 0.717) is 5.92 Å². The molecule has 2 fully saturated rings. The Kier molecular flexibility index (Phi) is 11.1. The molecule has 2 saturated heterocycles. The van der Waals surface area contributed by atoms with Gasteiger partial charge >= 0.3 is 0 Å². The van der Waals surface area contributed by atoms with Gasteiger partial charge in [-0.3, -0.25) is 9.69 Å². The second-order valence-electron chi connectivity index (χ2n) is 7.47. The fraction of sp³-hybridized carbons (Fsp3) is 0.650. The number of amides is 1. The normalized spacial score (nSPS) is 21.2. The molecule has 0 aromatic heterocycles. The van der Waals surface area contributed by atoms with Crippen molar-refractivity contribution in [1.82, 2.24) is 15.5 Å². The first-order chi connectivity index (χ1) is 12.6. The highest BCUT2D eigenvalue weighted by atomic mass is 35.5. The third-order valence-electron chi connectivity index (χ3n) is 5.68. The molecule has 0 spiro atoms. The summed E-state index contributed by atoms with van der Waals surface area (Å²) in [5, 5.41) is 6.53. The summed E-state index contributed by atoms with van der Waals surface area (Å²) in [6, 6.07) is 6.54. The molecule has 0 aliphatic carbocycles. The van der Waals surface area contributed by atoms with Gasteiger partial charge in [-0.1, -0.05) is 0 Å². The maximum atomic E-state index is 13.1. The summed E-state index contributed by atoms with van der Waals surface area (Å²) in [6.07, 6.45) is 3.57. The lowest BCUT2D eigenvalue weighted by Gasteiger charge is -2.38. The van der Waals surface area contributed by atoms with Crippen LogP contribution in [0.15, 0.2) is 24.3 Å². The second kappa shape index (κ2) is 12.5. The fourth-order valence-corrected chi connectivity index (χ4v) is 3.90. The van der Waals surface area contributed by atoms with Crippen LogP contribution < -0.4 is 15.5 Å². The van der Waals surface area contributed by atoms with E-state index in [0.717, 1.165) is 57.9 Å². The summed E-state index contributed by atoms with van der Waals surface area (Å²) in [7, 11) is 0. The smallest absolute Gasteiger partial charge is 0.237 e. The van der Waals surface area contributed by atoms with Crippen molar-refractivity contribution in [2.45, 2.75) is 32.2 Å². The molecule has 2 aliphatic rings. The number of hydrogen-bond donors (Lipinski definition) is 2. The Morgan fingerprint density at radius 2 is 1.89 bits per heavy atom. The van der Waals surface area contributed by atoms with E-state index in [2.05, 4.69) is 20.4 Å². The lowest BCUT2D eigenvalue weighted by Crippen LogP contribution is -2.54. The highest BCUT2D eigenvalue weighted by Gasteiger charge is 2.25. The molecular formula is C20H33Cl2FN4O. The van der Waals surface area contributed by atoms with E-state index in [4.69, 9.17) is 0 Å². The molecule has 1 aromatic carbocycles. The summed E-state index contributed by atoms with van der Waals surface area (Å²) in [4.78, 5) is 16.9. The predicted molar refractivity (Wildman–Crippen MR) is 117 cm³/mol. The lowest BCUT2D eigenvalue weighted by atomic mass is 9.96. The van der Waals surface area contributed by atoms with Crippen LogP contribution in [-0.4, -0.2) is 62.7 Å². The minimum Gasteiger partial charge on any atom is -0.369 e. The average Bonchev–Trinajstić information content (AvgIpc) is 2.69. The van der Waals surface area contributed by atoms with Crippen LogP contribution in [0.4, 0.5) is 10.1 Å². The van der Waals surface area contributed by atoms with E-state index in [1.54, 1.807) is 0 Å². The van der Waals surface area contributed by atoms with Crippen molar-refractivity contribution in [1.29, 1.82) is 0 Å². The van der Waals surface area contributed by atoms with E-state index in [1.165, 1.54) is 25.0 Å². The van der Waals surface area contributed by atoms with Gasteiger partial charge in [0, 0.05) is 38.4 Å². The van der Waals surface area contributed by atoms with E-state index in [-0.39, 0.29) is 42.6 Å². The molecule has 28 heavy (non-hydrogen) atoms. The monoisotopic (exact) mass is 434 g/mol. The Labute approximate surface area is 180 Å². The quantitative estimate of drug-likeness (QED) is 0.722. The van der Waals surface area contributed by atoms with Gasteiger partial charge in [-0.2, -0.15) is 0 Å². The number of carbonyl (C=O) groups is 1. The number of hydrogen-bond acceptors (Lipinski definition) is 4. The molecular weight excluding hydrogens is 402 g/mol. The zero-order chi connectivity index (χ0) is 18.4. The minimum atomic E-state index is -0.207. The summed E-state index contributed by atoms with van der Waals surface area (Å²) in [5.41, 5.74) is 1.05. The van der Waals surface area contributed by atoms with Crippen LogP contribution in [0.2, 0.25) is 0 Å². The van der Waals surface area contributed by atoms with Gasteiger partial charge in [-0.05, 0) is 69.5 Å². The SMILES string of the molecule is CC(C(=O)NCCC1CCCNC1)N1CCN(c2ccc(F)cc2)CC1.Cl.Cl. The number of piperidine rings is 1. The molecule has 5 nitrogen and oxygen atoms in total. The first-order valence-electron chi connectivity index (χ1n) is 9.86. The number of nitrogens with one attached hydrogen (secondary N) is 2. The van der Waals surface area contributed by atoms with Gasteiger partial charge in [0.2, 0.25) is 5.91 Å². The molecule has 0 bridgehead atoms. The average molecular weight is 435 g/mol. The second-order valence-corrected chi connectivity index (χ2v) is 7.47. The molecule has 160 valence electrons. The van der Waals surface area contributed by atoms with E-state index >= 15 is 0 Å². The molecule has 2 N–H and O–H groups in total. The lowest BCUT2D eigenvalue weighted by molar-refractivity contribution is -0.126. The summed E-state index contributed by atoms with van der Waals surface area (Å²) < 4.78 is 13.1. The molecule has 3 rings (SSSR count). The van der Waals surface area contributed by atoms with Gasteiger partial charge in [-0.25, -0.2) is 4.39 Å². The van der Waals surface area contributed by atoms with Crippen LogP contribution in [-0.2, 0) is 4.79 Å². The number of carbonyl (C=O) groups excluding carboxylic acids is 1. The molecule has 0 saturated carbocycles. The van der Waals surface area contributed by atoms with Gasteiger partial charge in [-0.15, -0.1) is 24.8 Å². The molecule has 2 unspecified atom stereocenters. The van der Waals surface area contributed by atoms with Gasteiger partial charge in [0.25, 0.3) is 0 Å². The first-order valence-corrected chi connectivity index (χ1v) is 9.86. The summed E-state index contributed by atoms with van der Waals surface area (Å²) in [5.74, 6) is 0.615. The molecule has 0 radical (unpaired) electrons. The first kappa shape index (κ1) is 25.0. The van der Waals surface area contributed by atoms with Crippen LogP contribution >= 0.6 is 24.8 Å². The highest BCUT2D eigenvalue weighted by Crippen LogP contribution is 2.18. The Bertz CT molecular complexity index is 576. The zero-order valence-electron chi connectivity index (χ0n) is 16.5. The van der Waals surface area contributed by atoms with Crippen LogP contribution in [0.25, 0.3) is 0 Å². The Hall–Kier alpha value is -1.08. The number of nitrogens with zero attached hydrogens (tertiary/aromatic N) is 2. The molecule has 2 atom stereocenters. The Balaban J connectivity index is 0.00000196. The zero-order valence-corrected chi connectivity index (χ0v) is 18.2. The van der Waals surface area contributed by atoms with Crippen LogP contribution in [0.1, 0.15) is 26.2 Å². The van der Waals surface area contributed by atoms with Crippen LogP contribution in [0.5, 0.6) is 0 Å². The molecule has 1 amide bonds. The van der Waals surface area contributed by atoms with Gasteiger partial charge < -0.3 is 15.5 Å². The van der Waals surface area contributed by atoms with Crippen molar-refractivity contribution in [3.05, 3.63) is 30.1 Å². The van der Waals surface area contributed by atoms with Crippen LogP contribution in [0.3, 0.4) is 0 Å². The maximum Gasteiger partial charge on any atom is 0.237 e. The van der Waals surface area contributed by atoms with Gasteiger partial charge in [0.1, 0.15) is 5.82 Å². The van der Waals surface area contributed by atoms with Crippen LogP contribution in [0, 0.1) is 11.7 Å². The van der Waals surface area contributed by atoms with E-state index in [1.807, 2.05) is 19.1 Å². The summed E-state index contributed by atoms with van der Waals surface area (Å²) in [6.45, 7) is 8.38. The van der Waals surface area contributed by atoms with Crippen molar-refractivity contribution in [3.8, 4) is 0 Å². The molecule has 8 heteroatoms. The largest absolute Gasteiger partial charge is 0.369 e. The summed E-state index contributed by atoms with van der Waals surface area (Å²) >= 11 is 0. The molecule has 2 aliphatic heterocycles. The molecule has 1 aromatic rings. The Morgan fingerprint density at radius 1 is 1.21 bits per heavy atom. The van der Waals surface area contributed by atoms with Gasteiger partial charge in [0.15, 0.2) is 0 Å². The highest BCUT2D eigenvalue weighted by molar-refractivity contribution is 5.85. The van der Waals surface area contributed by atoms with Crippen molar-refractivity contribution in [2.75, 3.05) is 50.7 Å². The van der Waals surface area contributed by atoms with Crippen molar-refractivity contribution in [3.63, 3.8) is 0 Å². The van der Waals surface area contributed by atoms with Crippen molar-refractivity contribution >= 4 is 36.4 Å². The number of rotatable bonds is 6. The number of anilines is 1. The third kappa shape index (κ3) is 7.07. The maximum absolute atomic E-state index is 13.1. The predicted octanol–water partition coefficient (Wildman–Crippen LogP) is 2.69. The van der Waals surface area contributed by atoms with E-state index < -0.39 is 0 Å². The van der Waals surface area contributed by atoms with Gasteiger partial charge in [0.05, 0.1) is 6.04 Å². The third-order valence-corrected chi connectivity index (χ3v) is 5.68. The molecule has 2 heterocycles. The standard InChI is InChI=1S/C20H31FN4O.2ClH/c1-16(20(26)23-10-8-17-3-2-9-22-15-17)24-11-13-25(14-12-24)19-6-4-18(21)5-7-19;;/h4-7,16-17,22H,2-3,8-15H2,1H3,(H,23,26);2*1H. The number of piperazine rings is 1. The number of halogens is 3. The Morgan fingerprint density at radius 3 is 2.50 bits per heavy atom. The topological polar surface area (TPSA) is 47.6 Å². The number of benzene rings is 1. The minimum absolute atomic E-state index is 0. The van der Waals surface area contributed by atoms with Crippen molar-refractivity contribution in [2.24, 2.45) is 5.92 Å². The van der Waals surface area contributed by atoms with Crippen molar-refractivity contribution < 1.29 is 9.18 Å².